The lowest BCUT2D eigenvalue weighted by Crippen LogP contribution is -2.38. The van der Waals surface area contributed by atoms with Gasteiger partial charge < -0.3 is 10.6 Å². The molecular formula is C16H28N4. The second-order valence-corrected chi connectivity index (χ2v) is 6.30. The minimum atomic E-state index is 0.585. The summed E-state index contributed by atoms with van der Waals surface area (Å²) in [6.45, 7) is 7.97. The Hall–Kier alpha value is -1.03. The lowest BCUT2D eigenvalue weighted by molar-refractivity contribution is 0.234. The molecule has 0 bridgehead atoms. The van der Waals surface area contributed by atoms with Gasteiger partial charge in [-0.3, -0.25) is 0 Å². The van der Waals surface area contributed by atoms with Gasteiger partial charge in [0.2, 0.25) is 0 Å². The van der Waals surface area contributed by atoms with Crippen molar-refractivity contribution < 1.29 is 0 Å². The maximum atomic E-state index is 4.98. The number of rotatable bonds is 4. The van der Waals surface area contributed by atoms with Gasteiger partial charge in [-0.25, -0.2) is 4.68 Å². The molecule has 20 heavy (non-hydrogen) atoms. The average molecular weight is 276 g/mol. The summed E-state index contributed by atoms with van der Waals surface area (Å²) in [5.41, 5.74) is 1.29. The summed E-state index contributed by atoms with van der Waals surface area (Å²) in [6.07, 6.45) is 6.23. The fraction of sp³-hybridized carbons (Fsp3) is 0.812. The van der Waals surface area contributed by atoms with E-state index in [4.69, 9.17) is 5.10 Å². The second kappa shape index (κ2) is 6.17. The Labute approximate surface area is 122 Å². The van der Waals surface area contributed by atoms with E-state index in [-0.39, 0.29) is 0 Å². The van der Waals surface area contributed by atoms with Gasteiger partial charge >= 0.3 is 0 Å². The zero-order valence-electron chi connectivity index (χ0n) is 12.9. The van der Waals surface area contributed by atoms with Crippen molar-refractivity contribution in [1.82, 2.24) is 15.1 Å². The lowest BCUT2D eigenvalue weighted by atomic mass is 9.89. The second-order valence-electron chi connectivity index (χ2n) is 6.30. The number of fused-ring (bicyclic) bond motifs is 1. The highest BCUT2D eigenvalue weighted by Gasteiger charge is 2.30. The van der Waals surface area contributed by atoms with Gasteiger partial charge in [-0.2, -0.15) is 5.10 Å². The van der Waals surface area contributed by atoms with Crippen molar-refractivity contribution in [2.24, 2.45) is 5.92 Å². The van der Waals surface area contributed by atoms with Crippen LogP contribution in [0.15, 0.2) is 6.07 Å². The van der Waals surface area contributed by atoms with Gasteiger partial charge in [0, 0.05) is 18.5 Å². The Morgan fingerprint density at radius 1 is 1.30 bits per heavy atom. The molecule has 2 aliphatic heterocycles. The summed E-state index contributed by atoms with van der Waals surface area (Å²) >= 11 is 0. The number of piperidine rings is 1. The molecule has 3 rings (SSSR count). The van der Waals surface area contributed by atoms with Crippen LogP contribution in [0.1, 0.15) is 63.6 Å². The molecule has 2 unspecified atom stereocenters. The number of anilines is 1. The highest BCUT2D eigenvalue weighted by Crippen LogP contribution is 2.35. The molecule has 1 aromatic heterocycles. The van der Waals surface area contributed by atoms with Gasteiger partial charge in [0.25, 0.3) is 0 Å². The smallest absolute Gasteiger partial charge is 0.124 e. The molecule has 112 valence electrons. The topological polar surface area (TPSA) is 41.9 Å². The first-order chi connectivity index (χ1) is 9.83. The van der Waals surface area contributed by atoms with E-state index in [0.717, 1.165) is 19.0 Å². The first-order valence-electron chi connectivity index (χ1n) is 8.37. The molecule has 0 spiro atoms. The molecule has 2 N–H and O–H groups in total. The third-order valence-electron chi connectivity index (χ3n) is 5.10. The molecule has 1 aromatic rings. The van der Waals surface area contributed by atoms with E-state index in [1.54, 1.807) is 0 Å². The van der Waals surface area contributed by atoms with Gasteiger partial charge in [0.15, 0.2) is 0 Å². The molecule has 1 fully saturated rings. The van der Waals surface area contributed by atoms with Crippen molar-refractivity contribution in [3.8, 4) is 0 Å². The van der Waals surface area contributed by atoms with E-state index in [9.17, 15) is 0 Å². The van der Waals surface area contributed by atoms with Crippen LogP contribution in [0.2, 0.25) is 0 Å². The van der Waals surface area contributed by atoms with Crippen LogP contribution in [0.5, 0.6) is 0 Å². The summed E-state index contributed by atoms with van der Waals surface area (Å²) in [5.74, 6) is 2.60. The third-order valence-corrected chi connectivity index (χ3v) is 5.10. The molecule has 2 aliphatic rings. The van der Waals surface area contributed by atoms with E-state index in [2.05, 4.69) is 35.2 Å². The minimum Gasteiger partial charge on any atom is -0.370 e. The van der Waals surface area contributed by atoms with Crippen LogP contribution in [0.4, 0.5) is 5.82 Å². The Kier molecular flexibility index (Phi) is 4.29. The van der Waals surface area contributed by atoms with Gasteiger partial charge in [0.1, 0.15) is 5.82 Å². The highest BCUT2D eigenvalue weighted by molar-refractivity contribution is 5.40. The van der Waals surface area contributed by atoms with E-state index >= 15 is 0 Å². The third kappa shape index (κ3) is 2.58. The van der Waals surface area contributed by atoms with Crippen molar-refractivity contribution in [3.05, 3.63) is 11.8 Å². The number of nitrogens with one attached hydrogen (secondary N) is 2. The molecule has 1 saturated heterocycles. The maximum Gasteiger partial charge on any atom is 0.124 e. The molecule has 0 saturated carbocycles. The number of nitrogens with zero attached hydrogens (tertiary/aromatic N) is 2. The predicted molar refractivity (Wildman–Crippen MR) is 83.3 cm³/mol. The summed E-state index contributed by atoms with van der Waals surface area (Å²) < 4.78 is 2.30. The fourth-order valence-corrected chi connectivity index (χ4v) is 3.82. The highest BCUT2D eigenvalue weighted by atomic mass is 15.4. The number of hydrogen-bond acceptors (Lipinski definition) is 3. The lowest BCUT2D eigenvalue weighted by Gasteiger charge is -2.34. The summed E-state index contributed by atoms with van der Waals surface area (Å²) in [7, 11) is 0. The average Bonchev–Trinajstić information content (AvgIpc) is 2.93. The van der Waals surface area contributed by atoms with Gasteiger partial charge in [-0.1, -0.05) is 13.8 Å². The van der Waals surface area contributed by atoms with Crippen molar-refractivity contribution in [3.63, 3.8) is 0 Å². The molecule has 0 aliphatic carbocycles. The molecule has 0 amide bonds. The molecule has 4 nitrogen and oxygen atoms in total. The fourth-order valence-electron chi connectivity index (χ4n) is 3.82. The van der Waals surface area contributed by atoms with E-state index in [0.29, 0.717) is 12.0 Å². The first-order valence-corrected chi connectivity index (χ1v) is 8.37. The Morgan fingerprint density at radius 2 is 2.15 bits per heavy atom. The van der Waals surface area contributed by atoms with Crippen molar-refractivity contribution in [2.75, 3.05) is 25.0 Å². The maximum absolute atomic E-state index is 4.98. The van der Waals surface area contributed by atoms with E-state index in [1.807, 2.05) is 0 Å². The van der Waals surface area contributed by atoms with Gasteiger partial charge in [0.05, 0.1) is 11.7 Å². The van der Waals surface area contributed by atoms with Crippen LogP contribution < -0.4 is 10.6 Å². The minimum absolute atomic E-state index is 0.585. The van der Waals surface area contributed by atoms with Crippen molar-refractivity contribution in [2.45, 2.75) is 57.9 Å². The van der Waals surface area contributed by atoms with Crippen molar-refractivity contribution >= 4 is 5.82 Å². The van der Waals surface area contributed by atoms with Crippen LogP contribution in [0, 0.1) is 5.92 Å². The molecule has 3 heterocycles. The SMILES string of the molecule is CCC(CC)c1cc2n(n1)C(C1CCCNC1)CCN2. The van der Waals surface area contributed by atoms with Crippen LogP contribution in [0.3, 0.4) is 0 Å². The zero-order valence-corrected chi connectivity index (χ0v) is 12.9. The quantitative estimate of drug-likeness (QED) is 0.887. The van der Waals surface area contributed by atoms with E-state index in [1.165, 1.54) is 50.2 Å². The molecular weight excluding hydrogens is 248 g/mol. The van der Waals surface area contributed by atoms with Crippen LogP contribution in [0.25, 0.3) is 0 Å². The monoisotopic (exact) mass is 276 g/mol. The predicted octanol–water partition coefficient (Wildman–Crippen LogP) is 3.14. The molecule has 0 aromatic carbocycles. The van der Waals surface area contributed by atoms with Crippen LogP contribution >= 0.6 is 0 Å². The Balaban J connectivity index is 1.84. The molecule has 4 heteroatoms. The van der Waals surface area contributed by atoms with E-state index < -0.39 is 0 Å². The summed E-state index contributed by atoms with van der Waals surface area (Å²) in [5, 5.41) is 12.1. The largest absolute Gasteiger partial charge is 0.370 e. The molecule has 0 radical (unpaired) electrons. The standard InChI is InChI=1S/C16H28N4/c1-3-12(4-2)14-10-16-18-9-7-15(20(16)19-14)13-6-5-8-17-11-13/h10,12-13,15,17-18H,3-9,11H2,1-2H3. The van der Waals surface area contributed by atoms with Crippen molar-refractivity contribution in [1.29, 1.82) is 0 Å². The number of aromatic nitrogens is 2. The summed E-state index contributed by atoms with van der Waals surface area (Å²) in [4.78, 5) is 0. The van der Waals surface area contributed by atoms with Gasteiger partial charge in [-0.15, -0.1) is 0 Å². The molecule has 2 atom stereocenters. The van der Waals surface area contributed by atoms with Gasteiger partial charge in [-0.05, 0) is 51.1 Å². The normalized spacial score (nSPS) is 26.4. The summed E-state index contributed by atoms with van der Waals surface area (Å²) in [6, 6.07) is 2.88. The first kappa shape index (κ1) is 13.9. The zero-order chi connectivity index (χ0) is 13.9. The Morgan fingerprint density at radius 3 is 2.85 bits per heavy atom. The van der Waals surface area contributed by atoms with Crippen LogP contribution in [-0.2, 0) is 0 Å². The Bertz CT molecular complexity index is 430. The number of hydrogen-bond donors (Lipinski definition) is 2. The van der Waals surface area contributed by atoms with Crippen LogP contribution in [-0.4, -0.2) is 29.4 Å².